The van der Waals surface area contributed by atoms with Crippen molar-refractivity contribution < 1.29 is 4.74 Å². The minimum Gasteiger partial charge on any atom is -0.380 e. The number of halogens is 1. The van der Waals surface area contributed by atoms with Crippen molar-refractivity contribution >= 4 is 33.0 Å². The molecule has 0 bridgehead atoms. The number of thiophene rings is 1. The summed E-state index contributed by atoms with van der Waals surface area (Å²) in [6.07, 6.45) is 0.873. The van der Waals surface area contributed by atoms with Crippen molar-refractivity contribution in [1.82, 2.24) is 4.90 Å². The van der Waals surface area contributed by atoms with Gasteiger partial charge in [-0.1, -0.05) is 11.6 Å². The van der Waals surface area contributed by atoms with Crippen LogP contribution in [0, 0.1) is 0 Å². The van der Waals surface area contributed by atoms with E-state index in [0.717, 1.165) is 31.2 Å². The number of nitrogens with zero attached hydrogens (tertiary/aromatic N) is 1. The lowest BCUT2D eigenvalue weighted by Crippen LogP contribution is -2.18. The van der Waals surface area contributed by atoms with E-state index in [1.807, 2.05) is 14.1 Å². The number of fused-ring (bicyclic) bond motifs is 1. The van der Waals surface area contributed by atoms with Gasteiger partial charge in [0.05, 0.1) is 13.2 Å². The molecule has 1 heterocycles. The first-order valence-electron chi connectivity index (χ1n) is 6.05. The minimum absolute atomic E-state index is 0.725. The van der Waals surface area contributed by atoms with Crippen LogP contribution in [0.1, 0.15) is 5.56 Å². The largest absolute Gasteiger partial charge is 0.380 e. The van der Waals surface area contributed by atoms with Crippen LogP contribution in [-0.4, -0.2) is 38.8 Å². The van der Waals surface area contributed by atoms with Gasteiger partial charge in [-0.25, -0.2) is 0 Å². The van der Waals surface area contributed by atoms with E-state index in [4.69, 9.17) is 16.3 Å². The van der Waals surface area contributed by atoms with Crippen LogP contribution in [0.5, 0.6) is 0 Å². The second kappa shape index (κ2) is 6.53. The van der Waals surface area contributed by atoms with Gasteiger partial charge in [-0.15, -0.1) is 11.3 Å². The van der Waals surface area contributed by atoms with Gasteiger partial charge in [-0.05, 0) is 55.0 Å². The molecule has 98 valence electrons. The first-order chi connectivity index (χ1) is 8.66. The topological polar surface area (TPSA) is 12.5 Å². The quantitative estimate of drug-likeness (QED) is 0.750. The predicted octanol–water partition coefficient (Wildman–Crippen LogP) is 3.68. The van der Waals surface area contributed by atoms with E-state index >= 15 is 0 Å². The average Bonchev–Trinajstić information content (AvgIpc) is 2.75. The van der Waals surface area contributed by atoms with E-state index in [-0.39, 0.29) is 0 Å². The molecule has 0 N–H and O–H groups in total. The van der Waals surface area contributed by atoms with Crippen LogP contribution in [0.4, 0.5) is 0 Å². The van der Waals surface area contributed by atoms with E-state index in [2.05, 4.69) is 28.5 Å². The van der Waals surface area contributed by atoms with Gasteiger partial charge in [0.1, 0.15) is 0 Å². The summed E-state index contributed by atoms with van der Waals surface area (Å²) in [6.45, 7) is 2.45. The second-order valence-electron chi connectivity index (χ2n) is 4.57. The highest BCUT2D eigenvalue weighted by Crippen LogP contribution is 2.28. The summed E-state index contributed by atoms with van der Waals surface area (Å²) in [5.41, 5.74) is 1.17. The Morgan fingerprint density at radius 3 is 2.89 bits per heavy atom. The Morgan fingerprint density at radius 1 is 1.28 bits per heavy atom. The lowest BCUT2D eigenvalue weighted by atomic mass is 10.1. The Labute approximate surface area is 117 Å². The molecule has 0 saturated carbocycles. The molecule has 0 aliphatic heterocycles. The van der Waals surface area contributed by atoms with Crippen LogP contribution in [0.15, 0.2) is 23.6 Å². The van der Waals surface area contributed by atoms with E-state index in [0.29, 0.717) is 0 Å². The van der Waals surface area contributed by atoms with Crippen LogP contribution >= 0.6 is 22.9 Å². The van der Waals surface area contributed by atoms with Gasteiger partial charge >= 0.3 is 0 Å². The molecule has 2 rings (SSSR count). The summed E-state index contributed by atoms with van der Waals surface area (Å²) in [7, 11) is 4.09. The molecule has 4 heteroatoms. The molecular weight excluding hydrogens is 266 g/mol. The Kier molecular flexibility index (Phi) is 5.01. The second-order valence-corrected chi connectivity index (χ2v) is 5.92. The maximum atomic E-state index is 6.27. The van der Waals surface area contributed by atoms with Crippen molar-refractivity contribution in [1.29, 1.82) is 0 Å². The summed E-state index contributed by atoms with van der Waals surface area (Å²) in [5.74, 6) is 0. The maximum Gasteiger partial charge on any atom is 0.0593 e. The molecule has 2 nitrogen and oxygen atoms in total. The van der Waals surface area contributed by atoms with E-state index < -0.39 is 0 Å². The van der Waals surface area contributed by atoms with Crippen molar-refractivity contribution in [3.63, 3.8) is 0 Å². The molecule has 0 fully saturated rings. The first-order valence-corrected chi connectivity index (χ1v) is 7.30. The van der Waals surface area contributed by atoms with E-state index in [1.165, 1.54) is 15.6 Å². The van der Waals surface area contributed by atoms with Crippen LogP contribution in [0.25, 0.3) is 10.1 Å². The third kappa shape index (κ3) is 3.69. The van der Waals surface area contributed by atoms with E-state index in [1.54, 1.807) is 11.3 Å². The fraction of sp³-hybridized carbons (Fsp3) is 0.429. The van der Waals surface area contributed by atoms with Crippen molar-refractivity contribution in [3.05, 3.63) is 34.2 Å². The van der Waals surface area contributed by atoms with Gasteiger partial charge in [0.25, 0.3) is 0 Å². The average molecular weight is 284 g/mol. The van der Waals surface area contributed by atoms with Crippen LogP contribution in [0.2, 0.25) is 5.02 Å². The summed E-state index contributed by atoms with van der Waals surface area (Å²) in [6, 6.07) is 6.35. The number of ether oxygens (including phenoxy) is 1. The number of benzene rings is 1. The molecule has 0 unspecified atom stereocenters. The zero-order chi connectivity index (χ0) is 13.0. The molecule has 1 aromatic heterocycles. The van der Waals surface area contributed by atoms with Crippen molar-refractivity contribution in [2.45, 2.75) is 6.42 Å². The monoisotopic (exact) mass is 283 g/mol. The summed E-state index contributed by atoms with van der Waals surface area (Å²) in [5, 5.41) is 4.21. The maximum absolute atomic E-state index is 6.27. The first kappa shape index (κ1) is 13.8. The van der Waals surface area contributed by atoms with E-state index in [9.17, 15) is 0 Å². The Balaban J connectivity index is 1.88. The summed E-state index contributed by atoms with van der Waals surface area (Å²) < 4.78 is 6.85. The van der Waals surface area contributed by atoms with Gasteiger partial charge in [0.15, 0.2) is 0 Å². The predicted molar refractivity (Wildman–Crippen MR) is 79.9 cm³/mol. The Morgan fingerprint density at radius 2 is 2.11 bits per heavy atom. The normalized spacial score (nSPS) is 11.6. The fourth-order valence-corrected chi connectivity index (χ4v) is 2.89. The molecule has 0 aliphatic rings. The minimum atomic E-state index is 0.725. The van der Waals surface area contributed by atoms with Crippen molar-refractivity contribution in [3.8, 4) is 0 Å². The number of hydrogen-bond donors (Lipinski definition) is 0. The lowest BCUT2D eigenvalue weighted by Gasteiger charge is -2.10. The van der Waals surface area contributed by atoms with Gasteiger partial charge in [-0.3, -0.25) is 0 Å². The zero-order valence-electron chi connectivity index (χ0n) is 10.8. The van der Waals surface area contributed by atoms with Crippen LogP contribution in [0.3, 0.4) is 0 Å². The summed E-state index contributed by atoms with van der Waals surface area (Å²) >= 11 is 7.99. The smallest absolute Gasteiger partial charge is 0.0593 e. The van der Waals surface area contributed by atoms with Crippen molar-refractivity contribution in [2.24, 2.45) is 0 Å². The van der Waals surface area contributed by atoms with Crippen molar-refractivity contribution in [2.75, 3.05) is 33.9 Å². The van der Waals surface area contributed by atoms with Crippen LogP contribution in [-0.2, 0) is 11.2 Å². The number of hydrogen-bond acceptors (Lipinski definition) is 3. The molecule has 0 atom stereocenters. The van der Waals surface area contributed by atoms with Gasteiger partial charge < -0.3 is 9.64 Å². The standard InChI is InChI=1S/C14H18ClNOS/c1-16(2)5-7-17-6-3-11-9-12-4-8-18-14(12)10-13(11)15/h4,8-10H,3,5-7H2,1-2H3. The molecule has 1 aromatic carbocycles. The molecule has 0 radical (unpaired) electrons. The molecule has 2 aromatic rings. The number of likely N-dealkylation sites (N-methyl/N-ethyl adjacent to an activating group) is 1. The highest BCUT2D eigenvalue weighted by atomic mass is 35.5. The van der Waals surface area contributed by atoms with Gasteiger partial charge in [0, 0.05) is 16.3 Å². The Bertz CT molecular complexity index is 509. The van der Waals surface area contributed by atoms with Gasteiger partial charge in [0.2, 0.25) is 0 Å². The van der Waals surface area contributed by atoms with Crippen LogP contribution < -0.4 is 0 Å². The summed E-state index contributed by atoms with van der Waals surface area (Å²) in [4.78, 5) is 2.12. The SMILES string of the molecule is CN(C)CCOCCc1cc2ccsc2cc1Cl. The third-order valence-electron chi connectivity index (χ3n) is 2.82. The molecule has 0 aliphatic carbocycles. The molecule has 0 spiro atoms. The third-order valence-corrected chi connectivity index (χ3v) is 4.05. The molecule has 0 saturated heterocycles. The number of rotatable bonds is 6. The highest BCUT2D eigenvalue weighted by molar-refractivity contribution is 7.17. The Hall–Kier alpha value is -0.610. The van der Waals surface area contributed by atoms with Gasteiger partial charge in [-0.2, -0.15) is 0 Å². The molecule has 0 amide bonds. The lowest BCUT2D eigenvalue weighted by molar-refractivity contribution is 0.120. The molecular formula is C14H18ClNOS. The fourth-order valence-electron chi connectivity index (χ4n) is 1.75. The molecule has 18 heavy (non-hydrogen) atoms. The zero-order valence-corrected chi connectivity index (χ0v) is 12.4. The highest BCUT2D eigenvalue weighted by Gasteiger charge is 2.04.